The van der Waals surface area contributed by atoms with E-state index in [0.29, 0.717) is 39.1 Å². The van der Waals surface area contributed by atoms with Crippen LogP contribution in [0.5, 0.6) is 0 Å². The highest BCUT2D eigenvalue weighted by Crippen LogP contribution is 2.23. The molecule has 3 aromatic rings. The molecule has 7 heteroatoms. The van der Waals surface area contributed by atoms with Crippen molar-refractivity contribution in [2.75, 3.05) is 26.3 Å². The second-order valence-electron chi connectivity index (χ2n) is 8.48. The van der Waals surface area contributed by atoms with E-state index in [4.69, 9.17) is 4.74 Å². The molecule has 1 aliphatic heterocycles. The normalized spacial score (nSPS) is 15.6. The number of rotatable bonds is 8. The number of morpholine rings is 1. The van der Waals surface area contributed by atoms with Gasteiger partial charge in [0.2, 0.25) is 15.9 Å². The van der Waals surface area contributed by atoms with Crippen LogP contribution >= 0.6 is 0 Å². The smallest absolute Gasteiger partial charge is 0.243 e. The van der Waals surface area contributed by atoms with E-state index in [2.05, 4.69) is 5.32 Å². The van der Waals surface area contributed by atoms with Gasteiger partial charge >= 0.3 is 0 Å². The molecular weight excluding hydrogens is 448 g/mol. The van der Waals surface area contributed by atoms with Crippen LogP contribution in [0.25, 0.3) is 0 Å². The van der Waals surface area contributed by atoms with Crippen LogP contribution < -0.4 is 5.32 Å². The summed E-state index contributed by atoms with van der Waals surface area (Å²) in [6.45, 7) is 3.61. The lowest BCUT2D eigenvalue weighted by atomic mass is 9.97. The van der Waals surface area contributed by atoms with Crippen molar-refractivity contribution in [2.24, 2.45) is 0 Å². The molecule has 0 aromatic heterocycles. The summed E-state index contributed by atoms with van der Waals surface area (Å²) in [7, 11) is -3.52. The fraction of sp³-hybridized carbons (Fsp3) is 0.296. The molecule has 3 aromatic carbocycles. The van der Waals surface area contributed by atoms with Gasteiger partial charge in [-0.3, -0.25) is 4.79 Å². The Morgan fingerprint density at radius 1 is 0.912 bits per heavy atom. The number of hydrogen-bond acceptors (Lipinski definition) is 4. The van der Waals surface area contributed by atoms with Crippen molar-refractivity contribution >= 4 is 15.9 Å². The molecule has 4 rings (SSSR count). The van der Waals surface area contributed by atoms with E-state index < -0.39 is 10.0 Å². The summed E-state index contributed by atoms with van der Waals surface area (Å²) in [6.07, 6.45) is 0.837. The van der Waals surface area contributed by atoms with Gasteiger partial charge in [0.15, 0.2) is 0 Å². The molecule has 6 nitrogen and oxygen atoms in total. The van der Waals surface area contributed by atoms with E-state index in [-0.39, 0.29) is 16.8 Å². The van der Waals surface area contributed by atoms with Gasteiger partial charge in [-0.05, 0) is 42.2 Å². The third-order valence-corrected chi connectivity index (χ3v) is 7.93. The highest BCUT2D eigenvalue weighted by atomic mass is 32.2. The molecule has 1 atom stereocenters. The molecule has 34 heavy (non-hydrogen) atoms. The van der Waals surface area contributed by atoms with E-state index in [1.165, 1.54) is 9.87 Å². The number of amides is 1. The van der Waals surface area contributed by atoms with Crippen LogP contribution in [0, 0.1) is 6.92 Å². The summed E-state index contributed by atoms with van der Waals surface area (Å²) in [5.74, 6) is -0.0561. The Hall–Kier alpha value is -3.00. The average Bonchev–Trinajstić information content (AvgIpc) is 2.88. The predicted molar refractivity (Wildman–Crippen MR) is 132 cm³/mol. The summed E-state index contributed by atoms with van der Waals surface area (Å²) < 4.78 is 32.3. The number of hydrogen-bond donors (Lipinski definition) is 1. The van der Waals surface area contributed by atoms with Crippen LogP contribution in [0.2, 0.25) is 0 Å². The van der Waals surface area contributed by atoms with Crippen LogP contribution in [0.1, 0.15) is 34.7 Å². The molecule has 1 N–H and O–H groups in total. The number of ether oxygens (including phenoxy) is 1. The lowest BCUT2D eigenvalue weighted by Gasteiger charge is -2.26. The van der Waals surface area contributed by atoms with Gasteiger partial charge < -0.3 is 10.1 Å². The topological polar surface area (TPSA) is 75.7 Å². The molecular formula is C27H30N2O4S. The van der Waals surface area contributed by atoms with Gasteiger partial charge in [0.05, 0.1) is 24.2 Å². The predicted octanol–water partition coefficient (Wildman–Crippen LogP) is 3.85. The molecule has 1 heterocycles. The Balaban J connectivity index is 1.40. The maximum atomic E-state index is 12.8. The second-order valence-corrected chi connectivity index (χ2v) is 10.4. The molecule has 1 aliphatic rings. The summed E-state index contributed by atoms with van der Waals surface area (Å²) in [4.78, 5) is 13.1. The fourth-order valence-electron chi connectivity index (χ4n) is 4.02. The van der Waals surface area contributed by atoms with Crippen LogP contribution in [-0.4, -0.2) is 44.9 Å². The zero-order valence-electron chi connectivity index (χ0n) is 19.3. The van der Waals surface area contributed by atoms with Crippen LogP contribution in [0.4, 0.5) is 0 Å². The Bertz CT molecular complexity index is 1190. The average molecular weight is 479 g/mol. The van der Waals surface area contributed by atoms with E-state index >= 15 is 0 Å². The van der Waals surface area contributed by atoms with Crippen molar-refractivity contribution in [1.29, 1.82) is 0 Å². The molecule has 0 spiro atoms. The molecule has 1 unspecified atom stereocenters. The van der Waals surface area contributed by atoms with Crippen LogP contribution in [0.15, 0.2) is 83.8 Å². The van der Waals surface area contributed by atoms with Crippen molar-refractivity contribution in [1.82, 2.24) is 9.62 Å². The first kappa shape index (κ1) is 24.1. The third-order valence-electron chi connectivity index (χ3n) is 6.02. The highest BCUT2D eigenvalue weighted by molar-refractivity contribution is 7.89. The minimum Gasteiger partial charge on any atom is -0.379 e. The Labute approximate surface area is 201 Å². The SMILES string of the molecule is Cc1ccc(C(NC(=O)CCc2ccc(S(=O)(=O)N3CCOCC3)cc2)c2ccccc2)cc1. The zero-order chi connectivity index (χ0) is 24.0. The van der Waals surface area contributed by atoms with Crippen molar-refractivity contribution < 1.29 is 17.9 Å². The molecule has 0 saturated carbocycles. The first-order valence-electron chi connectivity index (χ1n) is 11.5. The largest absolute Gasteiger partial charge is 0.379 e. The molecule has 1 fully saturated rings. The van der Waals surface area contributed by atoms with E-state index in [0.717, 1.165) is 16.7 Å². The van der Waals surface area contributed by atoms with Crippen LogP contribution in [0.3, 0.4) is 0 Å². The van der Waals surface area contributed by atoms with Crippen molar-refractivity contribution in [3.63, 3.8) is 0 Å². The van der Waals surface area contributed by atoms with Gasteiger partial charge in [-0.2, -0.15) is 4.31 Å². The molecule has 0 bridgehead atoms. The van der Waals surface area contributed by atoms with Gasteiger partial charge in [0.25, 0.3) is 0 Å². The molecule has 0 aliphatic carbocycles. The van der Waals surface area contributed by atoms with Gasteiger partial charge in [-0.1, -0.05) is 72.3 Å². The maximum Gasteiger partial charge on any atom is 0.243 e. The Morgan fingerprint density at radius 3 is 2.18 bits per heavy atom. The van der Waals surface area contributed by atoms with Crippen molar-refractivity contribution in [2.45, 2.75) is 30.7 Å². The summed E-state index contributed by atoms with van der Waals surface area (Å²) >= 11 is 0. The van der Waals surface area contributed by atoms with Gasteiger partial charge in [-0.25, -0.2) is 8.42 Å². The first-order chi connectivity index (χ1) is 16.4. The fourth-order valence-corrected chi connectivity index (χ4v) is 5.43. The third kappa shape index (κ3) is 5.91. The number of carbonyl (C=O) groups is 1. The first-order valence-corrected chi connectivity index (χ1v) is 13.0. The molecule has 1 amide bonds. The van der Waals surface area contributed by atoms with Crippen LogP contribution in [-0.2, 0) is 26.0 Å². The number of sulfonamides is 1. The Morgan fingerprint density at radius 2 is 1.53 bits per heavy atom. The number of benzene rings is 3. The number of aryl methyl sites for hydroxylation is 2. The number of nitrogens with one attached hydrogen (secondary N) is 1. The lowest BCUT2D eigenvalue weighted by Crippen LogP contribution is -2.40. The number of carbonyl (C=O) groups excluding carboxylic acids is 1. The van der Waals surface area contributed by atoms with Gasteiger partial charge in [-0.15, -0.1) is 0 Å². The lowest BCUT2D eigenvalue weighted by molar-refractivity contribution is -0.121. The van der Waals surface area contributed by atoms with Gasteiger partial charge in [0.1, 0.15) is 0 Å². The second kappa shape index (κ2) is 11.0. The highest BCUT2D eigenvalue weighted by Gasteiger charge is 2.26. The molecule has 178 valence electrons. The van der Waals surface area contributed by atoms with Crippen molar-refractivity contribution in [3.8, 4) is 0 Å². The number of nitrogens with zero attached hydrogens (tertiary/aromatic N) is 1. The minimum absolute atomic E-state index is 0.0561. The monoisotopic (exact) mass is 478 g/mol. The maximum absolute atomic E-state index is 12.8. The van der Waals surface area contributed by atoms with E-state index in [1.807, 2.05) is 61.5 Å². The standard InChI is InChI=1S/C27H30N2O4S/c1-21-7-12-24(13-8-21)27(23-5-3-2-4-6-23)28-26(30)16-11-22-9-14-25(15-10-22)34(31,32)29-17-19-33-20-18-29/h2-10,12-15,27H,11,16-20H2,1H3,(H,28,30). The van der Waals surface area contributed by atoms with E-state index in [1.54, 1.807) is 24.3 Å². The molecule has 0 radical (unpaired) electrons. The summed E-state index contributed by atoms with van der Waals surface area (Å²) in [5, 5.41) is 3.16. The van der Waals surface area contributed by atoms with E-state index in [9.17, 15) is 13.2 Å². The van der Waals surface area contributed by atoms with Crippen molar-refractivity contribution in [3.05, 3.63) is 101 Å². The van der Waals surface area contributed by atoms with Gasteiger partial charge in [0, 0.05) is 19.5 Å². The summed E-state index contributed by atoms with van der Waals surface area (Å²) in [5.41, 5.74) is 4.14. The minimum atomic E-state index is -3.52. The zero-order valence-corrected chi connectivity index (χ0v) is 20.1. The Kier molecular flexibility index (Phi) is 7.77. The molecule has 1 saturated heterocycles. The quantitative estimate of drug-likeness (QED) is 0.534. The summed E-state index contributed by atoms with van der Waals surface area (Å²) in [6, 6.07) is 24.7.